The summed E-state index contributed by atoms with van der Waals surface area (Å²) in [5, 5.41) is 0.974. The van der Waals surface area contributed by atoms with Crippen LogP contribution in [0.3, 0.4) is 0 Å². The molecule has 0 spiro atoms. The first kappa shape index (κ1) is 12.1. The molecule has 4 nitrogen and oxygen atoms in total. The van der Waals surface area contributed by atoms with Gasteiger partial charge in [0.1, 0.15) is 4.83 Å². The molecule has 0 amide bonds. The van der Waals surface area contributed by atoms with Gasteiger partial charge in [0.15, 0.2) is 0 Å². The van der Waals surface area contributed by atoms with E-state index < -0.39 is 0 Å². The fraction of sp³-hybridized carbons (Fsp3) is 0.500. The first-order valence-electron chi connectivity index (χ1n) is 5.79. The van der Waals surface area contributed by atoms with Crippen molar-refractivity contribution in [1.82, 2.24) is 9.97 Å². The Morgan fingerprint density at radius 3 is 2.82 bits per heavy atom. The number of nitrogens with zero attached hydrogens (tertiary/aromatic N) is 2. The van der Waals surface area contributed by atoms with Crippen LogP contribution in [-0.2, 0) is 6.42 Å². The largest absolute Gasteiger partial charge is 0.477 e. The van der Waals surface area contributed by atoms with Gasteiger partial charge in [0, 0.05) is 4.88 Å². The van der Waals surface area contributed by atoms with Gasteiger partial charge in [0.2, 0.25) is 11.8 Å². The van der Waals surface area contributed by atoms with Crippen LogP contribution in [0.4, 0.5) is 5.95 Å². The van der Waals surface area contributed by atoms with Gasteiger partial charge < -0.3 is 10.5 Å². The van der Waals surface area contributed by atoms with Crippen LogP contribution in [0.1, 0.15) is 25.6 Å². The van der Waals surface area contributed by atoms with Crippen LogP contribution in [0.5, 0.6) is 5.88 Å². The van der Waals surface area contributed by atoms with Gasteiger partial charge in [-0.2, -0.15) is 4.98 Å². The molecule has 0 aromatic carbocycles. The van der Waals surface area contributed by atoms with Crippen molar-refractivity contribution in [3.05, 3.63) is 10.9 Å². The third kappa shape index (κ3) is 2.66. The van der Waals surface area contributed by atoms with E-state index in [4.69, 9.17) is 10.5 Å². The minimum atomic E-state index is 0.278. The standard InChI is InChI=1S/C12H17N3OS/c1-4-8-5-9-10(16-6-7(2)3)14-12(13)15-11(9)17-8/h5,7H,4,6H2,1-3H3,(H2,13,14,15). The number of ether oxygens (including phenoxy) is 1. The van der Waals surface area contributed by atoms with Crippen LogP contribution in [0.2, 0.25) is 0 Å². The van der Waals surface area contributed by atoms with Crippen molar-refractivity contribution in [2.24, 2.45) is 5.92 Å². The van der Waals surface area contributed by atoms with Gasteiger partial charge in [-0.25, -0.2) is 4.98 Å². The van der Waals surface area contributed by atoms with E-state index in [1.807, 2.05) is 0 Å². The Labute approximate surface area is 105 Å². The average Bonchev–Trinajstić information content (AvgIpc) is 2.68. The Morgan fingerprint density at radius 1 is 1.41 bits per heavy atom. The van der Waals surface area contributed by atoms with E-state index in [1.165, 1.54) is 4.88 Å². The number of nitrogens with two attached hydrogens (primary N) is 1. The number of fused-ring (bicyclic) bond motifs is 1. The smallest absolute Gasteiger partial charge is 0.227 e. The van der Waals surface area contributed by atoms with Gasteiger partial charge in [0.05, 0.1) is 12.0 Å². The lowest BCUT2D eigenvalue weighted by molar-refractivity contribution is 0.265. The van der Waals surface area contributed by atoms with Gasteiger partial charge >= 0.3 is 0 Å². The minimum Gasteiger partial charge on any atom is -0.477 e. The number of aryl methyl sites for hydroxylation is 1. The van der Waals surface area contributed by atoms with E-state index >= 15 is 0 Å². The van der Waals surface area contributed by atoms with Crippen molar-refractivity contribution < 1.29 is 4.74 Å². The lowest BCUT2D eigenvalue weighted by atomic mass is 10.2. The number of rotatable bonds is 4. The van der Waals surface area contributed by atoms with E-state index in [2.05, 4.69) is 36.8 Å². The molecular weight excluding hydrogens is 234 g/mol. The molecule has 0 saturated carbocycles. The Kier molecular flexibility index (Phi) is 3.47. The molecule has 0 unspecified atom stereocenters. The molecule has 2 aromatic rings. The van der Waals surface area contributed by atoms with E-state index in [-0.39, 0.29) is 5.95 Å². The summed E-state index contributed by atoms with van der Waals surface area (Å²) in [6.45, 7) is 6.97. The maximum absolute atomic E-state index is 5.69. The van der Waals surface area contributed by atoms with Crippen LogP contribution in [0, 0.1) is 5.92 Å². The fourth-order valence-corrected chi connectivity index (χ4v) is 2.46. The summed E-state index contributed by atoms with van der Waals surface area (Å²) in [6, 6.07) is 2.09. The summed E-state index contributed by atoms with van der Waals surface area (Å²) in [6.07, 6.45) is 0.991. The highest BCUT2D eigenvalue weighted by Crippen LogP contribution is 2.31. The second kappa shape index (κ2) is 4.87. The molecule has 0 saturated heterocycles. The molecule has 0 aliphatic rings. The molecule has 0 aliphatic carbocycles. The first-order valence-corrected chi connectivity index (χ1v) is 6.60. The molecule has 0 aliphatic heterocycles. The monoisotopic (exact) mass is 251 g/mol. The summed E-state index contributed by atoms with van der Waals surface area (Å²) >= 11 is 1.65. The molecule has 17 heavy (non-hydrogen) atoms. The molecule has 0 radical (unpaired) electrons. The summed E-state index contributed by atoms with van der Waals surface area (Å²) in [4.78, 5) is 10.6. The van der Waals surface area contributed by atoms with Crippen molar-refractivity contribution in [2.75, 3.05) is 12.3 Å². The van der Waals surface area contributed by atoms with E-state index in [0.29, 0.717) is 18.4 Å². The van der Waals surface area contributed by atoms with Crippen molar-refractivity contribution in [3.8, 4) is 5.88 Å². The Bertz CT molecular complexity index is 522. The Morgan fingerprint density at radius 2 is 2.18 bits per heavy atom. The van der Waals surface area contributed by atoms with Crippen molar-refractivity contribution in [2.45, 2.75) is 27.2 Å². The summed E-state index contributed by atoms with van der Waals surface area (Å²) in [7, 11) is 0. The molecule has 0 bridgehead atoms. The second-order valence-corrected chi connectivity index (χ2v) is 5.49. The van der Waals surface area contributed by atoms with Gasteiger partial charge in [-0.1, -0.05) is 20.8 Å². The SMILES string of the molecule is CCc1cc2c(OCC(C)C)nc(N)nc2s1. The zero-order valence-corrected chi connectivity index (χ0v) is 11.2. The zero-order chi connectivity index (χ0) is 12.4. The number of nitrogen functional groups attached to an aromatic ring is 1. The summed E-state index contributed by atoms with van der Waals surface area (Å²) in [5.41, 5.74) is 5.69. The highest BCUT2D eigenvalue weighted by atomic mass is 32.1. The second-order valence-electron chi connectivity index (χ2n) is 4.38. The predicted molar refractivity (Wildman–Crippen MR) is 71.5 cm³/mol. The number of hydrogen-bond acceptors (Lipinski definition) is 5. The molecule has 0 fully saturated rings. The molecule has 5 heteroatoms. The molecular formula is C12H17N3OS. The van der Waals surface area contributed by atoms with Crippen LogP contribution >= 0.6 is 11.3 Å². The molecule has 2 aromatic heterocycles. The van der Waals surface area contributed by atoms with Gasteiger partial charge in [-0.3, -0.25) is 0 Å². The number of aromatic nitrogens is 2. The normalized spacial score (nSPS) is 11.3. The molecule has 2 rings (SSSR count). The van der Waals surface area contributed by atoms with Crippen LogP contribution in [0.25, 0.3) is 10.2 Å². The quantitative estimate of drug-likeness (QED) is 0.907. The maximum atomic E-state index is 5.69. The highest BCUT2D eigenvalue weighted by molar-refractivity contribution is 7.18. The third-order valence-corrected chi connectivity index (χ3v) is 3.50. The molecule has 92 valence electrons. The van der Waals surface area contributed by atoms with E-state index in [0.717, 1.165) is 16.6 Å². The Hall–Kier alpha value is -1.36. The zero-order valence-electron chi connectivity index (χ0n) is 10.4. The highest BCUT2D eigenvalue weighted by Gasteiger charge is 2.11. The Balaban J connectivity index is 2.41. The van der Waals surface area contributed by atoms with E-state index in [1.54, 1.807) is 11.3 Å². The molecule has 0 atom stereocenters. The number of hydrogen-bond donors (Lipinski definition) is 1. The van der Waals surface area contributed by atoms with Gasteiger partial charge in [0.25, 0.3) is 0 Å². The number of anilines is 1. The topological polar surface area (TPSA) is 61.0 Å². The van der Waals surface area contributed by atoms with E-state index in [9.17, 15) is 0 Å². The van der Waals surface area contributed by atoms with Crippen LogP contribution in [-0.4, -0.2) is 16.6 Å². The predicted octanol–water partition coefficient (Wildman–Crippen LogP) is 2.87. The van der Waals surface area contributed by atoms with Crippen LogP contribution in [0.15, 0.2) is 6.07 Å². The fourth-order valence-electron chi connectivity index (χ4n) is 1.49. The summed E-state index contributed by atoms with van der Waals surface area (Å²) < 4.78 is 5.69. The maximum Gasteiger partial charge on any atom is 0.227 e. The van der Waals surface area contributed by atoms with Crippen molar-refractivity contribution >= 4 is 27.5 Å². The van der Waals surface area contributed by atoms with Crippen molar-refractivity contribution in [1.29, 1.82) is 0 Å². The molecule has 2 N–H and O–H groups in total. The van der Waals surface area contributed by atoms with Crippen LogP contribution < -0.4 is 10.5 Å². The lowest BCUT2D eigenvalue weighted by Crippen LogP contribution is -2.07. The lowest BCUT2D eigenvalue weighted by Gasteiger charge is -2.08. The van der Waals surface area contributed by atoms with Crippen molar-refractivity contribution in [3.63, 3.8) is 0 Å². The first-order chi connectivity index (χ1) is 8.10. The molecule has 2 heterocycles. The summed E-state index contributed by atoms with van der Waals surface area (Å²) in [5.74, 6) is 1.35. The third-order valence-electron chi connectivity index (χ3n) is 2.33. The van der Waals surface area contributed by atoms with Gasteiger partial charge in [-0.05, 0) is 18.4 Å². The minimum absolute atomic E-state index is 0.278. The number of thiophene rings is 1. The van der Waals surface area contributed by atoms with Gasteiger partial charge in [-0.15, -0.1) is 11.3 Å². The average molecular weight is 251 g/mol.